The van der Waals surface area contributed by atoms with E-state index in [2.05, 4.69) is 10.3 Å². The number of rotatable bonds is 4. The molecule has 0 aliphatic carbocycles. The van der Waals surface area contributed by atoms with Crippen LogP contribution in [0.1, 0.15) is 26.5 Å². The van der Waals surface area contributed by atoms with Crippen molar-refractivity contribution in [1.82, 2.24) is 4.98 Å². The molecule has 18 heavy (non-hydrogen) atoms. The molecular formula is C13H14N2O2S. The maximum Gasteiger partial charge on any atom is 0.336 e. The first-order chi connectivity index (χ1) is 8.59. The molecule has 0 aliphatic heterocycles. The van der Waals surface area contributed by atoms with Crippen molar-refractivity contribution in [2.45, 2.75) is 20.4 Å². The number of aromatic carboxylic acids is 1. The number of aromatic nitrogens is 1. The molecule has 1 aromatic carbocycles. The fraction of sp³-hybridized carbons (Fsp3) is 0.231. The fourth-order valence-corrected chi connectivity index (χ4v) is 2.45. The Bertz CT molecular complexity index is 578. The average Bonchev–Trinajstić information content (AvgIpc) is 2.73. The fourth-order valence-electron chi connectivity index (χ4n) is 1.73. The summed E-state index contributed by atoms with van der Waals surface area (Å²) < 4.78 is 0. The van der Waals surface area contributed by atoms with Gasteiger partial charge in [-0.05, 0) is 31.5 Å². The van der Waals surface area contributed by atoms with Gasteiger partial charge in [0.15, 0.2) is 0 Å². The van der Waals surface area contributed by atoms with E-state index in [0.717, 1.165) is 21.8 Å². The molecule has 0 saturated carbocycles. The quantitative estimate of drug-likeness (QED) is 0.889. The van der Waals surface area contributed by atoms with Crippen molar-refractivity contribution in [1.29, 1.82) is 0 Å². The molecule has 0 radical (unpaired) electrons. The van der Waals surface area contributed by atoms with E-state index in [0.29, 0.717) is 12.1 Å². The number of carbonyl (C=O) groups is 1. The number of carboxylic acids is 1. The zero-order valence-electron chi connectivity index (χ0n) is 10.2. The molecule has 1 heterocycles. The van der Waals surface area contributed by atoms with Crippen molar-refractivity contribution >= 4 is 23.0 Å². The number of hydrogen-bond donors (Lipinski definition) is 2. The molecule has 0 atom stereocenters. The van der Waals surface area contributed by atoms with Gasteiger partial charge in [-0.25, -0.2) is 9.78 Å². The van der Waals surface area contributed by atoms with Crippen molar-refractivity contribution in [3.05, 3.63) is 45.4 Å². The summed E-state index contributed by atoms with van der Waals surface area (Å²) in [5, 5.41) is 12.3. The van der Waals surface area contributed by atoms with Crippen LogP contribution in [0.15, 0.2) is 23.7 Å². The third-order valence-corrected chi connectivity index (χ3v) is 3.78. The van der Waals surface area contributed by atoms with Crippen LogP contribution in [0.2, 0.25) is 0 Å². The van der Waals surface area contributed by atoms with Gasteiger partial charge in [0.2, 0.25) is 0 Å². The van der Waals surface area contributed by atoms with Crippen LogP contribution in [-0.2, 0) is 6.54 Å². The molecule has 2 N–H and O–H groups in total. The van der Waals surface area contributed by atoms with Crippen molar-refractivity contribution in [3.63, 3.8) is 0 Å². The van der Waals surface area contributed by atoms with Crippen molar-refractivity contribution in [2.24, 2.45) is 0 Å². The van der Waals surface area contributed by atoms with E-state index >= 15 is 0 Å². The molecule has 4 nitrogen and oxygen atoms in total. The molecule has 0 aliphatic rings. The highest BCUT2D eigenvalue weighted by Gasteiger charge is 2.10. The van der Waals surface area contributed by atoms with E-state index in [1.54, 1.807) is 23.5 Å². The lowest BCUT2D eigenvalue weighted by Crippen LogP contribution is -2.05. The number of aryl methyl sites for hydroxylation is 1. The molecular weight excluding hydrogens is 248 g/mol. The minimum absolute atomic E-state index is 0.334. The largest absolute Gasteiger partial charge is 0.478 e. The number of carboxylic acid groups (broad SMARTS) is 1. The summed E-state index contributed by atoms with van der Waals surface area (Å²) in [6.07, 6.45) is 0. The molecule has 5 heteroatoms. The number of nitrogens with one attached hydrogen (secondary N) is 1. The van der Waals surface area contributed by atoms with Crippen molar-refractivity contribution in [2.75, 3.05) is 5.32 Å². The minimum atomic E-state index is -0.898. The van der Waals surface area contributed by atoms with Gasteiger partial charge in [-0.2, -0.15) is 0 Å². The number of nitrogens with zero attached hydrogens (tertiary/aromatic N) is 1. The molecule has 0 unspecified atom stereocenters. The van der Waals surface area contributed by atoms with Gasteiger partial charge < -0.3 is 10.4 Å². The summed E-state index contributed by atoms with van der Waals surface area (Å²) in [6, 6.07) is 5.25. The molecule has 94 valence electrons. The number of hydrogen-bond acceptors (Lipinski definition) is 4. The highest BCUT2D eigenvalue weighted by Crippen LogP contribution is 2.21. The van der Waals surface area contributed by atoms with E-state index in [1.165, 1.54) is 0 Å². The average molecular weight is 262 g/mol. The summed E-state index contributed by atoms with van der Waals surface area (Å²) in [6.45, 7) is 4.44. The van der Waals surface area contributed by atoms with Gasteiger partial charge in [0.05, 0.1) is 23.3 Å². The molecule has 1 aromatic heterocycles. The number of thiazole rings is 1. The maximum absolute atomic E-state index is 11.0. The smallest absolute Gasteiger partial charge is 0.336 e. The first kappa shape index (κ1) is 12.6. The SMILES string of the molecule is Cc1ncsc1CNc1cccc(C(=O)O)c1C. The Morgan fingerprint density at radius 2 is 2.22 bits per heavy atom. The normalized spacial score (nSPS) is 10.3. The molecule has 0 fully saturated rings. The van der Waals surface area contributed by atoms with E-state index in [9.17, 15) is 4.79 Å². The highest BCUT2D eigenvalue weighted by atomic mass is 32.1. The summed E-state index contributed by atoms with van der Waals surface area (Å²) in [4.78, 5) is 16.4. The van der Waals surface area contributed by atoms with Gasteiger partial charge in [0.1, 0.15) is 0 Å². The van der Waals surface area contributed by atoms with Gasteiger partial charge in [0, 0.05) is 10.6 Å². The van der Waals surface area contributed by atoms with Crippen LogP contribution in [0.3, 0.4) is 0 Å². The second kappa shape index (κ2) is 5.18. The lowest BCUT2D eigenvalue weighted by molar-refractivity contribution is 0.0696. The lowest BCUT2D eigenvalue weighted by atomic mass is 10.1. The Labute approximate surface area is 109 Å². The molecule has 0 spiro atoms. The summed E-state index contributed by atoms with van der Waals surface area (Å²) in [7, 11) is 0. The second-order valence-electron chi connectivity index (χ2n) is 4.00. The molecule has 0 saturated heterocycles. The standard InChI is InChI=1S/C13H14N2O2S/c1-8-10(13(16)17)4-3-5-11(8)14-6-12-9(2)15-7-18-12/h3-5,7,14H,6H2,1-2H3,(H,16,17). The number of benzene rings is 1. The maximum atomic E-state index is 11.0. The lowest BCUT2D eigenvalue weighted by Gasteiger charge is -2.10. The van der Waals surface area contributed by atoms with Gasteiger partial charge in [-0.1, -0.05) is 6.07 Å². The molecule has 0 amide bonds. The van der Waals surface area contributed by atoms with Crippen LogP contribution in [0.25, 0.3) is 0 Å². The highest BCUT2D eigenvalue weighted by molar-refractivity contribution is 7.09. The predicted octanol–water partition coefficient (Wildman–Crippen LogP) is 3.07. The Balaban J connectivity index is 2.17. The molecule has 2 rings (SSSR count). The third kappa shape index (κ3) is 2.51. The zero-order valence-corrected chi connectivity index (χ0v) is 11.0. The van der Waals surface area contributed by atoms with Gasteiger partial charge in [-0.3, -0.25) is 0 Å². The Kier molecular flexibility index (Phi) is 3.62. The van der Waals surface area contributed by atoms with Crippen molar-refractivity contribution in [3.8, 4) is 0 Å². The Morgan fingerprint density at radius 3 is 2.83 bits per heavy atom. The minimum Gasteiger partial charge on any atom is -0.478 e. The van der Waals surface area contributed by atoms with Crippen LogP contribution in [0.5, 0.6) is 0 Å². The van der Waals surface area contributed by atoms with Gasteiger partial charge >= 0.3 is 5.97 Å². The first-order valence-corrected chi connectivity index (χ1v) is 6.43. The predicted molar refractivity (Wildman–Crippen MR) is 72.3 cm³/mol. The first-order valence-electron chi connectivity index (χ1n) is 5.55. The third-order valence-electron chi connectivity index (χ3n) is 2.85. The summed E-state index contributed by atoms with van der Waals surface area (Å²) in [5.74, 6) is -0.898. The van der Waals surface area contributed by atoms with Crippen LogP contribution >= 0.6 is 11.3 Å². The van der Waals surface area contributed by atoms with Gasteiger partial charge in [-0.15, -0.1) is 11.3 Å². The Morgan fingerprint density at radius 1 is 1.44 bits per heavy atom. The van der Waals surface area contributed by atoms with Crippen LogP contribution < -0.4 is 5.32 Å². The summed E-state index contributed by atoms with van der Waals surface area (Å²) >= 11 is 1.60. The topological polar surface area (TPSA) is 62.2 Å². The monoisotopic (exact) mass is 262 g/mol. The Hall–Kier alpha value is -1.88. The number of anilines is 1. The van der Waals surface area contributed by atoms with E-state index < -0.39 is 5.97 Å². The zero-order chi connectivity index (χ0) is 13.1. The molecule has 2 aromatic rings. The second-order valence-corrected chi connectivity index (χ2v) is 4.94. The van der Waals surface area contributed by atoms with Crippen molar-refractivity contribution < 1.29 is 9.90 Å². The van der Waals surface area contributed by atoms with Crippen LogP contribution in [0, 0.1) is 13.8 Å². The van der Waals surface area contributed by atoms with Gasteiger partial charge in [0.25, 0.3) is 0 Å². The van der Waals surface area contributed by atoms with Crippen LogP contribution in [0.4, 0.5) is 5.69 Å². The van der Waals surface area contributed by atoms with E-state index in [1.807, 2.05) is 25.4 Å². The van der Waals surface area contributed by atoms with E-state index in [4.69, 9.17) is 5.11 Å². The van der Waals surface area contributed by atoms with Crippen LogP contribution in [-0.4, -0.2) is 16.1 Å². The van der Waals surface area contributed by atoms with E-state index in [-0.39, 0.29) is 0 Å². The summed E-state index contributed by atoms with van der Waals surface area (Å²) in [5.41, 5.74) is 4.77. The molecule has 0 bridgehead atoms.